The Kier molecular flexibility index (Phi) is 4.62. The lowest BCUT2D eigenvalue weighted by molar-refractivity contribution is -0.123. The molecule has 2 aromatic rings. The summed E-state index contributed by atoms with van der Waals surface area (Å²) in [5.41, 5.74) is 3.08. The van der Waals surface area contributed by atoms with E-state index in [4.69, 9.17) is 0 Å². The Labute approximate surface area is 148 Å². The van der Waals surface area contributed by atoms with Crippen molar-refractivity contribution >= 4 is 23.2 Å². The summed E-state index contributed by atoms with van der Waals surface area (Å²) in [6.45, 7) is 6.39. The summed E-state index contributed by atoms with van der Waals surface area (Å²) < 4.78 is 0. The van der Waals surface area contributed by atoms with Crippen LogP contribution >= 0.6 is 0 Å². The lowest BCUT2D eigenvalue weighted by Crippen LogP contribution is -2.35. The smallest absolute Gasteiger partial charge is 0.258 e. The minimum atomic E-state index is -0.439. The van der Waals surface area contributed by atoms with Crippen LogP contribution in [-0.4, -0.2) is 18.4 Å². The van der Waals surface area contributed by atoms with Crippen LogP contribution in [-0.2, 0) is 11.2 Å². The van der Waals surface area contributed by atoms with Gasteiger partial charge in [-0.3, -0.25) is 9.59 Å². The van der Waals surface area contributed by atoms with Gasteiger partial charge in [0.05, 0.1) is 0 Å². The molecule has 0 unspecified atom stereocenters. The molecule has 2 amide bonds. The topological polar surface area (TPSA) is 49.4 Å². The number of fused-ring (bicyclic) bond motifs is 1. The largest absolute Gasteiger partial charge is 0.326 e. The first kappa shape index (κ1) is 17.2. The Morgan fingerprint density at radius 2 is 1.76 bits per heavy atom. The highest BCUT2D eigenvalue weighted by Crippen LogP contribution is 2.31. The fourth-order valence-corrected chi connectivity index (χ4v) is 2.94. The molecule has 130 valence electrons. The summed E-state index contributed by atoms with van der Waals surface area (Å²) in [6.07, 6.45) is 1.83. The molecule has 0 atom stereocenters. The number of nitrogens with zero attached hydrogens (tertiary/aromatic N) is 1. The summed E-state index contributed by atoms with van der Waals surface area (Å²) in [6, 6.07) is 15.1. The normalized spacial score (nSPS) is 14.0. The van der Waals surface area contributed by atoms with Crippen molar-refractivity contribution in [2.24, 2.45) is 5.41 Å². The number of benzene rings is 2. The first-order valence-electron chi connectivity index (χ1n) is 8.67. The van der Waals surface area contributed by atoms with Crippen LogP contribution < -0.4 is 10.2 Å². The van der Waals surface area contributed by atoms with Crippen LogP contribution in [0.5, 0.6) is 0 Å². The maximum absolute atomic E-state index is 12.8. The van der Waals surface area contributed by atoms with E-state index in [1.54, 1.807) is 0 Å². The molecule has 25 heavy (non-hydrogen) atoms. The molecule has 1 heterocycles. The van der Waals surface area contributed by atoms with E-state index >= 15 is 0 Å². The summed E-state index contributed by atoms with van der Waals surface area (Å²) >= 11 is 0. The fourth-order valence-electron chi connectivity index (χ4n) is 2.94. The zero-order valence-electron chi connectivity index (χ0n) is 15.0. The number of amides is 2. The molecule has 0 saturated carbocycles. The van der Waals surface area contributed by atoms with Gasteiger partial charge in [0.2, 0.25) is 5.91 Å². The molecule has 1 aliphatic rings. The molecule has 0 radical (unpaired) electrons. The quantitative estimate of drug-likeness (QED) is 0.890. The third-order valence-electron chi connectivity index (χ3n) is 4.40. The SMILES string of the molecule is CC(C)(C)C(=O)Nc1ccc2c(c1)CCCN2C(=O)c1ccccc1. The van der Waals surface area contributed by atoms with Crippen LogP contribution in [0.15, 0.2) is 48.5 Å². The minimum absolute atomic E-state index is 0.0134. The van der Waals surface area contributed by atoms with Gasteiger partial charge in [-0.25, -0.2) is 0 Å². The molecule has 1 aliphatic heterocycles. The van der Waals surface area contributed by atoms with E-state index in [0.717, 1.165) is 29.8 Å². The average molecular weight is 336 g/mol. The maximum atomic E-state index is 12.8. The standard InChI is InChI=1S/C21H24N2O2/c1-21(2,3)20(25)22-17-11-12-18-16(14-17)10-7-13-23(18)19(24)15-8-5-4-6-9-15/h4-6,8-9,11-12,14H,7,10,13H2,1-3H3,(H,22,25). The Morgan fingerprint density at radius 3 is 2.44 bits per heavy atom. The van der Waals surface area contributed by atoms with Gasteiger partial charge in [-0.05, 0) is 48.7 Å². The van der Waals surface area contributed by atoms with Crippen LogP contribution in [0.4, 0.5) is 11.4 Å². The minimum Gasteiger partial charge on any atom is -0.326 e. The predicted octanol–water partition coefficient (Wildman–Crippen LogP) is 4.26. The molecule has 0 spiro atoms. The maximum Gasteiger partial charge on any atom is 0.258 e. The average Bonchev–Trinajstić information content (AvgIpc) is 2.60. The first-order chi connectivity index (χ1) is 11.9. The highest BCUT2D eigenvalue weighted by molar-refractivity contribution is 6.07. The van der Waals surface area contributed by atoms with Crippen LogP contribution in [0, 0.1) is 5.41 Å². The third-order valence-corrected chi connectivity index (χ3v) is 4.40. The van der Waals surface area contributed by atoms with Gasteiger partial charge in [-0.1, -0.05) is 39.0 Å². The van der Waals surface area contributed by atoms with Gasteiger partial charge in [0, 0.05) is 28.9 Å². The van der Waals surface area contributed by atoms with Gasteiger partial charge in [0.25, 0.3) is 5.91 Å². The number of nitrogens with one attached hydrogen (secondary N) is 1. The summed E-state index contributed by atoms with van der Waals surface area (Å²) in [5, 5.41) is 2.97. The van der Waals surface area contributed by atoms with Crippen molar-refractivity contribution in [3.63, 3.8) is 0 Å². The molecular formula is C21H24N2O2. The van der Waals surface area contributed by atoms with Crippen molar-refractivity contribution in [1.29, 1.82) is 0 Å². The van der Waals surface area contributed by atoms with Gasteiger partial charge in [0.1, 0.15) is 0 Å². The Balaban J connectivity index is 1.85. The van der Waals surface area contributed by atoms with Crippen LogP contribution in [0.2, 0.25) is 0 Å². The molecule has 4 heteroatoms. The molecule has 3 rings (SSSR count). The number of aryl methyl sites for hydroxylation is 1. The van der Waals surface area contributed by atoms with E-state index < -0.39 is 5.41 Å². The summed E-state index contributed by atoms with van der Waals surface area (Å²) in [5.74, 6) is 0.00787. The zero-order chi connectivity index (χ0) is 18.0. The van der Waals surface area contributed by atoms with Crippen molar-refractivity contribution in [2.75, 3.05) is 16.8 Å². The molecule has 0 aliphatic carbocycles. The van der Waals surface area contributed by atoms with Gasteiger partial charge in [-0.2, -0.15) is 0 Å². The monoisotopic (exact) mass is 336 g/mol. The molecule has 1 N–H and O–H groups in total. The Morgan fingerprint density at radius 1 is 1.04 bits per heavy atom. The number of carbonyl (C=O) groups excluding carboxylic acids is 2. The molecule has 0 aromatic heterocycles. The molecule has 4 nitrogen and oxygen atoms in total. The number of hydrogen-bond donors (Lipinski definition) is 1. The van der Waals surface area contributed by atoms with Crippen LogP contribution in [0.25, 0.3) is 0 Å². The fraction of sp³-hybridized carbons (Fsp3) is 0.333. The number of hydrogen-bond acceptors (Lipinski definition) is 2. The lowest BCUT2D eigenvalue weighted by Gasteiger charge is -2.30. The van der Waals surface area contributed by atoms with E-state index in [2.05, 4.69) is 5.32 Å². The molecule has 0 saturated heterocycles. The van der Waals surface area contributed by atoms with E-state index in [1.165, 1.54) is 0 Å². The van der Waals surface area contributed by atoms with E-state index in [1.807, 2.05) is 74.2 Å². The van der Waals surface area contributed by atoms with E-state index in [0.29, 0.717) is 12.1 Å². The molecular weight excluding hydrogens is 312 g/mol. The molecule has 2 aromatic carbocycles. The van der Waals surface area contributed by atoms with Crippen molar-refractivity contribution in [3.05, 3.63) is 59.7 Å². The predicted molar refractivity (Wildman–Crippen MR) is 101 cm³/mol. The summed E-state index contributed by atoms with van der Waals surface area (Å²) in [4.78, 5) is 26.8. The van der Waals surface area contributed by atoms with Gasteiger partial charge >= 0.3 is 0 Å². The number of carbonyl (C=O) groups is 2. The van der Waals surface area contributed by atoms with Crippen LogP contribution in [0.1, 0.15) is 43.1 Å². The lowest BCUT2D eigenvalue weighted by atomic mass is 9.95. The highest BCUT2D eigenvalue weighted by atomic mass is 16.2. The Bertz CT molecular complexity index is 791. The zero-order valence-corrected chi connectivity index (χ0v) is 15.0. The van der Waals surface area contributed by atoms with Gasteiger partial charge < -0.3 is 10.2 Å². The first-order valence-corrected chi connectivity index (χ1v) is 8.67. The van der Waals surface area contributed by atoms with E-state index in [-0.39, 0.29) is 11.8 Å². The van der Waals surface area contributed by atoms with Crippen molar-refractivity contribution in [2.45, 2.75) is 33.6 Å². The second-order valence-electron chi connectivity index (χ2n) is 7.47. The Hall–Kier alpha value is -2.62. The van der Waals surface area contributed by atoms with E-state index in [9.17, 15) is 9.59 Å². The van der Waals surface area contributed by atoms with Crippen LogP contribution in [0.3, 0.4) is 0 Å². The third kappa shape index (κ3) is 3.73. The van der Waals surface area contributed by atoms with Gasteiger partial charge in [0.15, 0.2) is 0 Å². The summed E-state index contributed by atoms with van der Waals surface area (Å²) in [7, 11) is 0. The second-order valence-corrected chi connectivity index (χ2v) is 7.47. The molecule has 0 bridgehead atoms. The highest BCUT2D eigenvalue weighted by Gasteiger charge is 2.25. The van der Waals surface area contributed by atoms with Gasteiger partial charge in [-0.15, -0.1) is 0 Å². The second kappa shape index (κ2) is 6.71. The molecule has 0 fully saturated rings. The van der Waals surface area contributed by atoms with Crippen molar-refractivity contribution < 1.29 is 9.59 Å². The number of rotatable bonds is 2. The number of anilines is 2. The van der Waals surface area contributed by atoms with Crippen molar-refractivity contribution in [1.82, 2.24) is 0 Å². The van der Waals surface area contributed by atoms with Crippen molar-refractivity contribution in [3.8, 4) is 0 Å².